The number of esters is 1. The van der Waals surface area contributed by atoms with E-state index in [1.54, 1.807) is 30.3 Å². The summed E-state index contributed by atoms with van der Waals surface area (Å²) in [7, 11) is 2.99. The van der Waals surface area contributed by atoms with Gasteiger partial charge in [-0.2, -0.15) is 0 Å². The first kappa shape index (κ1) is 18.9. The Kier molecular flexibility index (Phi) is 5.17. The molecular formula is C21H24O6. The first-order valence-corrected chi connectivity index (χ1v) is 8.74. The molecule has 1 aliphatic rings. The van der Waals surface area contributed by atoms with Crippen LogP contribution in [0.5, 0.6) is 23.0 Å². The van der Waals surface area contributed by atoms with Crippen LogP contribution in [0.2, 0.25) is 0 Å². The molecule has 2 aromatic rings. The van der Waals surface area contributed by atoms with E-state index in [-0.39, 0.29) is 23.4 Å². The van der Waals surface area contributed by atoms with Gasteiger partial charge in [0.15, 0.2) is 23.0 Å². The van der Waals surface area contributed by atoms with E-state index in [9.17, 15) is 15.0 Å². The van der Waals surface area contributed by atoms with E-state index in [2.05, 4.69) is 0 Å². The van der Waals surface area contributed by atoms with Gasteiger partial charge in [-0.15, -0.1) is 0 Å². The summed E-state index contributed by atoms with van der Waals surface area (Å²) in [5, 5.41) is 19.6. The molecule has 2 atom stereocenters. The van der Waals surface area contributed by atoms with Crippen molar-refractivity contribution in [2.24, 2.45) is 11.3 Å². The number of benzene rings is 2. The van der Waals surface area contributed by atoms with Crippen LogP contribution in [-0.2, 0) is 22.4 Å². The topological polar surface area (TPSA) is 85.2 Å². The van der Waals surface area contributed by atoms with Crippen LogP contribution in [0.25, 0.3) is 0 Å². The van der Waals surface area contributed by atoms with Gasteiger partial charge in [-0.25, -0.2) is 0 Å². The van der Waals surface area contributed by atoms with Gasteiger partial charge in [-0.3, -0.25) is 4.79 Å². The third-order valence-corrected chi connectivity index (χ3v) is 5.21. The molecule has 27 heavy (non-hydrogen) atoms. The molecule has 1 saturated heterocycles. The molecule has 6 nitrogen and oxygen atoms in total. The first-order chi connectivity index (χ1) is 12.9. The monoisotopic (exact) mass is 372 g/mol. The minimum atomic E-state index is -0.399. The number of hydrogen-bond acceptors (Lipinski definition) is 6. The molecular weight excluding hydrogens is 348 g/mol. The third-order valence-electron chi connectivity index (χ3n) is 5.21. The number of ether oxygens (including phenoxy) is 3. The average molecular weight is 372 g/mol. The molecule has 0 aromatic heterocycles. The Labute approximate surface area is 158 Å². The molecule has 1 heterocycles. The highest BCUT2D eigenvalue weighted by Crippen LogP contribution is 2.42. The molecule has 0 aliphatic carbocycles. The van der Waals surface area contributed by atoms with Crippen LogP contribution in [-0.4, -0.2) is 37.0 Å². The molecule has 2 aromatic carbocycles. The first-order valence-electron chi connectivity index (χ1n) is 8.74. The van der Waals surface area contributed by atoms with Crippen molar-refractivity contribution in [3.8, 4) is 23.0 Å². The summed E-state index contributed by atoms with van der Waals surface area (Å²) < 4.78 is 15.7. The van der Waals surface area contributed by atoms with Crippen LogP contribution in [0, 0.1) is 11.3 Å². The van der Waals surface area contributed by atoms with Crippen LogP contribution in [0.1, 0.15) is 18.1 Å². The van der Waals surface area contributed by atoms with Gasteiger partial charge < -0.3 is 24.4 Å². The molecule has 0 bridgehead atoms. The molecule has 0 radical (unpaired) electrons. The predicted octanol–water partition coefficient (Wildman–Crippen LogP) is 3.08. The van der Waals surface area contributed by atoms with E-state index in [4.69, 9.17) is 14.2 Å². The molecule has 0 unspecified atom stereocenters. The van der Waals surface area contributed by atoms with Gasteiger partial charge in [0.25, 0.3) is 0 Å². The molecule has 144 valence electrons. The summed E-state index contributed by atoms with van der Waals surface area (Å²) in [5.74, 6) is 0.374. The Hall–Kier alpha value is -2.89. The van der Waals surface area contributed by atoms with Crippen molar-refractivity contribution in [2.75, 3.05) is 20.8 Å². The second kappa shape index (κ2) is 7.39. The highest BCUT2D eigenvalue weighted by atomic mass is 16.5. The van der Waals surface area contributed by atoms with Crippen LogP contribution in [0.15, 0.2) is 36.4 Å². The third kappa shape index (κ3) is 3.79. The normalized spacial score (nSPS) is 21.7. The van der Waals surface area contributed by atoms with Crippen molar-refractivity contribution in [1.82, 2.24) is 0 Å². The lowest BCUT2D eigenvalue weighted by atomic mass is 9.72. The van der Waals surface area contributed by atoms with Crippen LogP contribution >= 0.6 is 0 Å². The number of phenolic OH excluding ortho intramolecular Hbond substituents is 2. The zero-order valence-corrected chi connectivity index (χ0v) is 15.7. The number of cyclic esters (lactones) is 1. The Balaban J connectivity index is 1.84. The average Bonchev–Trinajstić information content (AvgIpc) is 2.93. The van der Waals surface area contributed by atoms with Gasteiger partial charge in [-0.1, -0.05) is 19.1 Å². The Morgan fingerprint density at radius 2 is 1.59 bits per heavy atom. The van der Waals surface area contributed by atoms with Crippen LogP contribution in [0.3, 0.4) is 0 Å². The molecule has 0 spiro atoms. The highest BCUT2D eigenvalue weighted by molar-refractivity contribution is 5.76. The van der Waals surface area contributed by atoms with Crippen molar-refractivity contribution in [2.45, 2.75) is 19.8 Å². The quantitative estimate of drug-likeness (QED) is 0.758. The number of rotatable bonds is 6. The van der Waals surface area contributed by atoms with E-state index >= 15 is 0 Å². The van der Waals surface area contributed by atoms with Crippen molar-refractivity contribution in [3.05, 3.63) is 47.5 Å². The van der Waals surface area contributed by atoms with Crippen molar-refractivity contribution >= 4 is 5.97 Å². The lowest BCUT2D eigenvalue weighted by molar-refractivity contribution is -0.141. The second-order valence-corrected chi connectivity index (χ2v) is 7.21. The van der Waals surface area contributed by atoms with Gasteiger partial charge in [0, 0.05) is 5.41 Å². The Morgan fingerprint density at radius 3 is 2.19 bits per heavy atom. The van der Waals surface area contributed by atoms with E-state index in [0.29, 0.717) is 30.9 Å². The van der Waals surface area contributed by atoms with Gasteiger partial charge in [-0.05, 0) is 48.2 Å². The van der Waals surface area contributed by atoms with Gasteiger partial charge >= 0.3 is 5.97 Å². The zero-order chi connectivity index (χ0) is 19.6. The minimum Gasteiger partial charge on any atom is -0.504 e. The molecule has 6 heteroatoms. The summed E-state index contributed by atoms with van der Waals surface area (Å²) >= 11 is 0. The maximum absolute atomic E-state index is 12.4. The highest BCUT2D eigenvalue weighted by Gasteiger charge is 2.46. The number of aromatic hydroxyl groups is 2. The fraction of sp³-hybridized carbons (Fsp3) is 0.381. The van der Waals surface area contributed by atoms with Crippen molar-refractivity contribution in [1.29, 1.82) is 0 Å². The second-order valence-electron chi connectivity index (χ2n) is 7.21. The molecule has 0 saturated carbocycles. The number of carbonyl (C=O) groups excluding carboxylic acids is 1. The van der Waals surface area contributed by atoms with Crippen molar-refractivity contribution < 1.29 is 29.2 Å². The van der Waals surface area contributed by atoms with E-state index in [1.807, 2.05) is 13.0 Å². The number of methoxy groups -OCH3 is 2. The largest absolute Gasteiger partial charge is 0.504 e. The lowest BCUT2D eigenvalue weighted by Crippen LogP contribution is -2.31. The van der Waals surface area contributed by atoms with Crippen LogP contribution < -0.4 is 9.47 Å². The Morgan fingerprint density at radius 1 is 1.04 bits per heavy atom. The fourth-order valence-electron chi connectivity index (χ4n) is 3.61. The van der Waals surface area contributed by atoms with Gasteiger partial charge in [0.2, 0.25) is 0 Å². The summed E-state index contributed by atoms with van der Waals surface area (Å²) in [6.07, 6.45) is 1.09. The number of phenols is 2. The predicted molar refractivity (Wildman–Crippen MR) is 99.3 cm³/mol. The molecule has 3 rings (SSSR count). The summed E-state index contributed by atoms with van der Waals surface area (Å²) in [4.78, 5) is 12.4. The summed E-state index contributed by atoms with van der Waals surface area (Å²) in [6.45, 7) is 2.36. The minimum absolute atomic E-state index is 0.0641. The number of hydrogen-bond donors (Lipinski definition) is 2. The summed E-state index contributed by atoms with van der Waals surface area (Å²) in [5.41, 5.74) is 1.45. The van der Waals surface area contributed by atoms with E-state index in [0.717, 1.165) is 11.1 Å². The smallest absolute Gasteiger partial charge is 0.309 e. The van der Waals surface area contributed by atoms with E-state index < -0.39 is 5.41 Å². The maximum atomic E-state index is 12.4. The molecule has 1 aliphatic heterocycles. The maximum Gasteiger partial charge on any atom is 0.309 e. The van der Waals surface area contributed by atoms with Crippen LogP contribution in [0.4, 0.5) is 0 Å². The van der Waals surface area contributed by atoms with E-state index in [1.165, 1.54) is 14.2 Å². The standard InChI is InChI=1S/C21H24O6/c1-21(11-14-5-7-17(23)19(10-14)26-3)12-27-20(24)15(21)8-13-4-6-16(22)18(9-13)25-2/h4-7,9-10,15,22-23H,8,11-12H2,1-3H3/t15-,21-/m0/s1. The van der Waals surface area contributed by atoms with Gasteiger partial charge in [0.1, 0.15) is 0 Å². The Bertz CT molecular complexity index is 847. The molecule has 0 amide bonds. The molecule has 2 N–H and O–H groups in total. The summed E-state index contributed by atoms with van der Waals surface area (Å²) in [6, 6.07) is 10.3. The molecule has 1 fully saturated rings. The SMILES string of the molecule is COc1cc(C[C@H]2C(=O)OC[C@]2(C)Cc2ccc(O)c(OC)c2)ccc1O. The zero-order valence-electron chi connectivity index (χ0n) is 15.7. The van der Waals surface area contributed by atoms with Crippen molar-refractivity contribution in [3.63, 3.8) is 0 Å². The fourth-order valence-corrected chi connectivity index (χ4v) is 3.61. The van der Waals surface area contributed by atoms with Gasteiger partial charge in [0.05, 0.1) is 26.7 Å². The lowest BCUT2D eigenvalue weighted by Gasteiger charge is -2.28. The number of carbonyl (C=O) groups is 1.